The second-order valence-electron chi connectivity index (χ2n) is 6.47. The first-order valence-corrected chi connectivity index (χ1v) is 8.68. The number of nitrogens with one attached hydrogen (secondary N) is 1. The molecule has 0 aliphatic carbocycles. The smallest absolute Gasteiger partial charge is 0.258 e. The normalized spacial score (nSPS) is 18.2. The fourth-order valence-corrected chi connectivity index (χ4v) is 3.11. The molecule has 0 saturated heterocycles. The summed E-state index contributed by atoms with van der Waals surface area (Å²) in [6.45, 7) is 4.04. The minimum Gasteiger partial charge on any atom is -0.487 e. The second-order valence-corrected chi connectivity index (χ2v) is 7.38. The molecule has 0 saturated carbocycles. The third-order valence-electron chi connectivity index (χ3n) is 3.90. The van der Waals surface area contributed by atoms with Gasteiger partial charge in [-0.2, -0.15) is 0 Å². The molecule has 0 spiro atoms. The number of carbonyl (C=O) groups is 1. The summed E-state index contributed by atoms with van der Waals surface area (Å²) < 4.78 is 12.5. The fourth-order valence-electron chi connectivity index (χ4n) is 2.85. The molecule has 0 aromatic heterocycles. The highest BCUT2D eigenvalue weighted by molar-refractivity contribution is 9.10. The van der Waals surface area contributed by atoms with E-state index in [0.29, 0.717) is 12.2 Å². The van der Waals surface area contributed by atoms with Gasteiger partial charge in [-0.3, -0.25) is 4.79 Å². The van der Waals surface area contributed by atoms with Gasteiger partial charge in [-0.1, -0.05) is 34.1 Å². The van der Waals surface area contributed by atoms with E-state index in [0.717, 1.165) is 15.8 Å². The zero-order valence-corrected chi connectivity index (χ0v) is 15.3. The minimum atomic E-state index is -0.321. The molecule has 3 rings (SSSR count). The van der Waals surface area contributed by atoms with Crippen LogP contribution in [-0.2, 0) is 4.79 Å². The van der Waals surface area contributed by atoms with Crippen molar-refractivity contribution in [3.63, 3.8) is 0 Å². The van der Waals surface area contributed by atoms with E-state index in [9.17, 15) is 4.79 Å². The molecule has 24 heavy (non-hydrogen) atoms. The van der Waals surface area contributed by atoms with Crippen LogP contribution in [0, 0.1) is 0 Å². The minimum absolute atomic E-state index is 0.0123. The lowest BCUT2D eigenvalue weighted by molar-refractivity contribution is -0.124. The molecule has 1 aliphatic rings. The van der Waals surface area contributed by atoms with Crippen molar-refractivity contribution in [1.29, 1.82) is 0 Å². The number of amides is 1. The SMILES string of the molecule is CC1(C)C[C@H](NC(=O)COc2ccc(Br)cc2)c2ccccc2O1. The molecule has 2 aromatic carbocycles. The molecule has 0 radical (unpaired) electrons. The first kappa shape index (κ1) is 16.8. The van der Waals surface area contributed by atoms with Gasteiger partial charge in [-0.05, 0) is 44.2 Å². The predicted molar refractivity (Wildman–Crippen MR) is 96.3 cm³/mol. The Bertz CT molecular complexity index is 728. The zero-order valence-electron chi connectivity index (χ0n) is 13.7. The summed E-state index contributed by atoms with van der Waals surface area (Å²) in [6.07, 6.45) is 0.716. The third kappa shape index (κ3) is 4.09. The van der Waals surface area contributed by atoms with Crippen LogP contribution in [0.15, 0.2) is 53.0 Å². The number of benzene rings is 2. The molecular weight excluding hydrogens is 370 g/mol. The topological polar surface area (TPSA) is 47.6 Å². The Hall–Kier alpha value is -2.01. The predicted octanol–water partition coefficient (Wildman–Crippen LogP) is 4.25. The van der Waals surface area contributed by atoms with Gasteiger partial charge in [0, 0.05) is 16.5 Å². The summed E-state index contributed by atoms with van der Waals surface area (Å²) in [4.78, 5) is 12.3. The number of carbonyl (C=O) groups excluding carboxylic acids is 1. The lowest BCUT2D eigenvalue weighted by Gasteiger charge is -2.37. The van der Waals surface area contributed by atoms with Crippen LogP contribution in [-0.4, -0.2) is 18.1 Å². The lowest BCUT2D eigenvalue weighted by Crippen LogP contribution is -2.42. The van der Waals surface area contributed by atoms with E-state index in [1.807, 2.05) is 62.4 Å². The van der Waals surface area contributed by atoms with Gasteiger partial charge in [0.25, 0.3) is 5.91 Å². The van der Waals surface area contributed by atoms with Gasteiger partial charge in [0.1, 0.15) is 17.1 Å². The Labute approximate surface area is 150 Å². The van der Waals surface area contributed by atoms with Gasteiger partial charge in [0.15, 0.2) is 6.61 Å². The highest BCUT2D eigenvalue weighted by atomic mass is 79.9. The van der Waals surface area contributed by atoms with Crippen molar-refractivity contribution in [1.82, 2.24) is 5.32 Å². The molecule has 2 aromatic rings. The van der Waals surface area contributed by atoms with E-state index in [-0.39, 0.29) is 24.2 Å². The zero-order chi connectivity index (χ0) is 17.2. The van der Waals surface area contributed by atoms with Crippen molar-refractivity contribution in [3.05, 3.63) is 58.6 Å². The number of hydrogen-bond donors (Lipinski definition) is 1. The van der Waals surface area contributed by atoms with E-state index in [4.69, 9.17) is 9.47 Å². The van der Waals surface area contributed by atoms with E-state index in [1.54, 1.807) is 0 Å². The Morgan fingerprint density at radius 2 is 1.96 bits per heavy atom. The summed E-state index contributed by atoms with van der Waals surface area (Å²) >= 11 is 3.37. The van der Waals surface area contributed by atoms with Crippen molar-refractivity contribution < 1.29 is 14.3 Å². The van der Waals surface area contributed by atoms with E-state index < -0.39 is 0 Å². The monoisotopic (exact) mass is 389 g/mol. The fraction of sp³-hybridized carbons (Fsp3) is 0.316. The van der Waals surface area contributed by atoms with Crippen molar-refractivity contribution >= 4 is 21.8 Å². The van der Waals surface area contributed by atoms with Gasteiger partial charge >= 0.3 is 0 Å². The van der Waals surface area contributed by atoms with Gasteiger partial charge in [-0.25, -0.2) is 0 Å². The molecule has 4 nitrogen and oxygen atoms in total. The van der Waals surface area contributed by atoms with Crippen LogP contribution >= 0.6 is 15.9 Å². The Morgan fingerprint density at radius 3 is 2.71 bits per heavy atom. The number of para-hydroxylation sites is 1. The molecule has 126 valence electrons. The molecule has 5 heteroatoms. The van der Waals surface area contributed by atoms with Crippen LogP contribution in [0.5, 0.6) is 11.5 Å². The summed E-state index contributed by atoms with van der Waals surface area (Å²) in [6, 6.07) is 15.2. The standard InChI is InChI=1S/C19H20BrNO3/c1-19(2)11-16(15-5-3-4-6-17(15)24-19)21-18(22)12-23-14-9-7-13(20)8-10-14/h3-10,16H,11-12H2,1-2H3,(H,21,22)/t16-/m0/s1. The van der Waals surface area contributed by atoms with E-state index >= 15 is 0 Å². The first-order valence-electron chi connectivity index (χ1n) is 7.89. The van der Waals surface area contributed by atoms with Crippen LogP contribution < -0.4 is 14.8 Å². The highest BCUT2D eigenvalue weighted by Gasteiger charge is 2.34. The molecule has 1 N–H and O–H groups in total. The van der Waals surface area contributed by atoms with Crippen LogP contribution in [0.4, 0.5) is 0 Å². The molecule has 1 amide bonds. The molecular formula is C19H20BrNO3. The van der Waals surface area contributed by atoms with Crippen molar-refractivity contribution in [3.8, 4) is 11.5 Å². The maximum Gasteiger partial charge on any atom is 0.258 e. The second kappa shape index (κ2) is 6.85. The summed E-state index contributed by atoms with van der Waals surface area (Å²) in [5, 5.41) is 3.06. The third-order valence-corrected chi connectivity index (χ3v) is 4.42. The van der Waals surface area contributed by atoms with Gasteiger partial charge < -0.3 is 14.8 Å². The quantitative estimate of drug-likeness (QED) is 0.849. The number of ether oxygens (including phenoxy) is 2. The summed E-state index contributed by atoms with van der Waals surface area (Å²) in [7, 11) is 0. The first-order chi connectivity index (χ1) is 11.4. The van der Waals surface area contributed by atoms with Crippen LogP contribution in [0.1, 0.15) is 31.9 Å². The van der Waals surface area contributed by atoms with Gasteiger partial charge in [-0.15, -0.1) is 0 Å². The van der Waals surface area contributed by atoms with Crippen molar-refractivity contribution in [2.75, 3.05) is 6.61 Å². The van der Waals surface area contributed by atoms with Crippen LogP contribution in [0.25, 0.3) is 0 Å². The lowest BCUT2D eigenvalue weighted by atomic mass is 9.90. The van der Waals surface area contributed by atoms with E-state index in [2.05, 4.69) is 21.2 Å². The van der Waals surface area contributed by atoms with Crippen LogP contribution in [0.2, 0.25) is 0 Å². The molecule has 1 atom stereocenters. The van der Waals surface area contributed by atoms with Crippen LogP contribution in [0.3, 0.4) is 0 Å². The van der Waals surface area contributed by atoms with Gasteiger partial charge in [0.2, 0.25) is 0 Å². The van der Waals surface area contributed by atoms with Crippen molar-refractivity contribution in [2.45, 2.75) is 31.9 Å². The van der Waals surface area contributed by atoms with Crippen molar-refractivity contribution in [2.24, 2.45) is 0 Å². The molecule has 0 bridgehead atoms. The number of fused-ring (bicyclic) bond motifs is 1. The maximum atomic E-state index is 12.3. The Balaban J connectivity index is 1.64. The largest absolute Gasteiger partial charge is 0.487 e. The molecule has 0 fully saturated rings. The Morgan fingerprint density at radius 1 is 1.25 bits per heavy atom. The van der Waals surface area contributed by atoms with Gasteiger partial charge in [0.05, 0.1) is 6.04 Å². The number of rotatable bonds is 4. The summed E-state index contributed by atoms with van der Waals surface area (Å²) in [5.74, 6) is 1.35. The molecule has 0 unspecified atom stereocenters. The average molecular weight is 390 g/mol. The molecule has 1 aliphatic heterocycles. The number of hydrogen-bond acceptors (Lipinski definition) is 3. The molecule has 1 heterocycles. The number of halogens is 1. The Kier molecular flexibility index (Phi) is 4.81. The maximum absolute atomic E-state index is 12.3. The average Bonchev–Trinajstić information content (AvgIpc) is 2.53. The summed E-state index contributed by atoms with van der Waals surface area (Å²) in [5.41, 5.74) is 0.688. The van der Waals surface area contributed by atoms with E-state index in [1.165, 1.54) is 0 Å². The highest BCUT2D eigenvalue weighted by Crippen LogP contribution is 2.39.